The largest absolute Gasteiger partial charge is 0.496 e. The Bertz CT molecular complexity index is 428. The van der Waals surface area contributed by atoms with Gasteiger partial charge in [-0.1, -0.05) is 11.6 Å². The topological polar surface area (TPSA) is 43.4 Å². The molecule has 0 heterocycles. The molecule has 1 aromatic carbocycles. The summed E-state index contributed by atoms with van der Waals surface area (Å²) < 4.78 is 26.7. The molecule has 0 saturated heterocycles. The molecular weight excluding hydrogens is 247 g/mol. The second-order valence-corrected chi connectivity index (χ2v) is 5.85. The average molecular weight is 255 g/mol. The van der Waals surface area contributed by atoms with Gasteiger partial charge in [-0.3, -0.25) is 0 Å². The number of rotatable bonds is 3. The lowest BCUT2D eigenvalue weighted by atomic mass is 10.2. The molecule has 1 rings (SSSR count). The van der Waals surface area contributed by atoms with E-state index in [1.807, 2.05) is 0 Å². The smallest absolute Gasteiger partial charge is 0.236 e. The number of hydrogen-bond donors (Lipinski definition) is 0. The van der Waals surface area contributed by atoms with Gasteiger partial charge in [0, 0.05) is 21.3 Å². The van der Waals surface area contributed by atoms with Gasteiger partial charge in [0.2, 0.25) is 9.05 Å². The Labute approximate surface area is 92.0 Å². The van der Waals surface area contributed by atoms with Crippen LogP contribution < -0.4 is 4.74 Å². The van der Waals surface area contributed by atoms with E-state index < -0.39 is 9.05 Å². The first-order valence-corrected chi connectivity index (χ1v) is 6.53. The number of halogens is 2. The molecule has 6 heteroatoms. The fraction of sp³-hybridized carbons (Fsp3) is 0.250. The van der Waals surface area contributed by atoms with Crippen molar-refractivity contribution in [2.45, 2.75) is 5.75 Å². The molecule has 0 bridgehead atoms. The fourth-order valence-corrected chi connectivity index (χ4v) is 2.19. The third-order valence-electron chi connectivity index (χ3n) is 1.57. The Hall–Kier alpha value is -0.450. The fourth-order valence-electron chi connectivity index (χ4n) is 1.05. The third-order valence-corrected chi connectivity index (χ3v) is 2.79. The highest BCUT2D eigenvalue weighted by atomic mass is 35.7. The van der Waals surface area contributed by atoms with Crippen molar-refractivity contribution in [3.8, 4) is 5.75 Å². The predicted octanol–water partition coefficient (Wildman–Crippen LogP) is 2.42. The minimum atomic E-state index is -3.59. The van der Waals surface area contributed by atoms with Gasteiger partial charge in [0.1, 0.15) is 5.75 Å². The van der Waals surface area contributed by atoms with Gasteiger partial charge in [-0.05, 0) is 18.2 Å². The Morgan fingerprint density at radius 2 is 2.07 bits per heavy atom. The van der Waals surface area contributed by atoms with E-state index in [2.05, 4.69) is 0 Å². The minimum Gasteiger partial charge on any atom is -0.496 e. The molecule has 78 valence electrons. The molecule has 0 amide bonds. The van der Waals surface area contributed by atoms with Crippen LogP contribution in [0.1, 0.15) is 5.56 Å². The minimum absolute atomic E-state index is 0.293. The molecule has 0 atom stereocenters. The van der Waals surface area contributed by atoms with Crippen LogP contribution >= 0.6 is 22.3 Å². The molecule has 0 radical (unpaired) electrons. The SMILES string of the molecule is COc1ccc(Cl)cc1CS(=O)(=O)Cl. The first-order chi connectivity index (χ1) is 6.42. The van der Waals surface area contributed by atoms with Gasteiger partial charge in [0.05, 0.1) is 12.9 Å². The summed E-state index contributed by atoms with van der Waals surface area (Å²) in [5.41, 5.74) is 0.454. The van der Waals surface area contributed by atoms with Crippen molar-refractivity contribution in [2.24, 2.45) is 0 Å². The van der Waals surface area contributed by atoms with E-state index in [9.17, 15) is 8.42 Å². The van der Waals surface area contributed by atoms with Gasteiger partial charge in [0.15, 0.2) is 0 Å². The van der Waals surface area contributed by atoms with Crippen LogP contribution in [0.15, 0.2) is 18.2 Å². The molecule has 0 aliphatic heterocycles. The van der Waals surface area contributed by atoms with Crippen LogP contribution in [0.3, 0.4) is 0 Å². The van der Waals surface area contributed by atoms with Crippen LogP contribution in [0.2, 0.25) is 5.02 Å². The van der Waals surface area contributed by atoms with E-state index in [1.165, 1.54) is 13.2 Å². The van der Waals surface area contributed by atoms with Gasteiger partial charge in [0.25, 0.3) is 0 Å². The average Bonchev–Trinajstić information content (AvgIpc) is 2.01. The number of ether oxygens (including phenoxy) is 1. The molecule has 0 saturated carbocycles. The summed E-state index contributed by atoms with van der Waals surface area (Å²) in [6.45, 7) is 0. The Morgan fingerprint density at radius 1 is 1.43 bits per heavy atom. The maximum atomic E-state index is 10.8. The summed E-state index contributed by atoms with van der Waals surface area (Å²) in [7, 11) is 2.98. The van der Waals surface area contributed by atoms with Gasteiger partial charge in [-0.15, -0.1) is 0 Å². The van der Waals surface area contributed by atoms with E-state index in [0.717, 1.165) is 0 Å². The molecule has 0 aliphatic carbocycles. The normalized spacial score (nSPS) is 11.4. The van der Waals surface area contributed by atoms with Crippen molar-refractivity contribution >= 4 is 31.3 Å². The van der Waals surface area contributed by atoms with Crippen molar-refractivity contribution in [3.63, 3.8) is 0 Å². The zero-order valence-electron chi connectivity index (χ0n) is 7.33. The van der Waals surface area contributed by atoms with Crippen molar-refractivity contribution in [1.82, 2.24) is 0 Å². The van der Waals surface area contributed by atoms with E-state index >= 15 is 0 Å². The highest BCUT2D eigenvalue weighted by Crippen LogP contribution is 2.25. The Kier molecular flexibility index (Phi) is 3.64. The lowest BCUT2D eigenvalue weighted by Crippen LogP contribution is -1.98. The third kappa shape index (κ3) is 3.36. The summed E-state index contributed by atoms with van der Waals surface area (Å²) in [5.74, 6) is 0.164. The molecule has 0 aliphatic rings. The standard InChI is InChI=1S/C8H8Cl2O3S/c1-13-8-3-2-7(9)4-6(8)5-14(10,11)12/h2-4H,5H2,1H3. The zero-order chi connectivity index (χ0) is 10.8. The monoisotopic (exact) mass is 254 g/mol. The van der Waals surface area contributed by atoms with Gasteiger partial charge >= 0.3 is 0 Å². The summed E-state index contributed by atoms with van der Waals surface area (Å²) in [6.07, 6.45) is 0. The van der Waals surface area contributed by atoms with E-state index in [-0.39, 0.29) is 5.75 Å². The lowest BCUT2D eigenvalue weighted by Gasteiger charge is -2.06. The molecule has 0 fully saturated rings. The van der Waals surface area contributed by atoms with E-state index in [0.29, 0.717) is 16.3 Å². The summed E-state index contributed by atoms with van der Waals surface area (Å²) >= 11 is 5.71. The first kappa shape index (κ1) is 11.6. The maximum Gasteiger partial charge on any atom is 0.236 e. The number of hydrogen-bond acceptors (Lipinski definition) is 3. The first-order valence-electron chi connectivity index (χ1n) is 3.67. The Morgan fingerprint density at radius 3 is 2.57 bits per heavy atom. The van der Waals surface area contributed by atoms with Crippen LogP contribution in [-0.2, 0) is 14.8 Å². The molecule has 0 N–H and O–H groups in total. The Balaban J connectivity index is 3.11. The van der Waals surface area contributed by atoms with Crippen LogP contribution in [0.25, 0.3) is 0 Å². The highest BCUT2D eigenvalue weighted by molar-refractivity contribution is 8.13. The van der Waals surface area contributed by atoms with Gasteiger partial charge < -0.3 is 4.74 Å². The van der Waals surface area contributed by atoms with Crippen molar-refractivity contribution < 1.29 is 13.2 Å². The summed E-state index contributed by atoms with van der Waals surface area (Å²) in [6, 6.07) is 4.73. The van der Waals surface area contributed by atoms with Gasteiger partial charge in [-0.25, -0.2) is 8.42 Å². The molecule has 0 spiro atoms. The van der Waals surface area contributed by atoms with Crippen LogP contribution in [0.5, 0.6) is 5.75 Å². The second kappa shape index (κ2) is 4.38. The summed E-state index contributed by atoms with van der Waals surface area (Å²) in [5, 5.41) is 0.445. The quantitative estimate of drug-likeness (QED) is 0.779. The van der Waals surface area contributed by atoms with Crippen LogP contribution in [-0.4, -0.2) is 15.5 Å². The molecule has 0 aromatic heterocycles. The van der Waals surface area contributed by atoms with Crippen molar-refractivity contribution in [3.05, 3.63) is 28.8 Å². The molecule has 14 heavy (non-hydrogen) atoms. The lowest BCUT2D eigenvalue weighted by molar-refractivity contribution is 0.411. The van der Waals surface area contributed by atoms with Gasteiger partial charge in [-0.2, -0.15) is 0 Å². The van der Waals surface area contributed by atoms with E-state index in [1.54, 1.807) is 12.1 Å². The predicted molar refractivity (Wildman–Crippen MR) is 56.5 cm³/mol. The summed E-state index contributed by atoms with van der Waals surface area (Å²) in [4.78, 5) is 0. The molecule has 1 aromatic rings. The van der Waals surface area contributed by atoms with Crippen LogP contribution in [0, 0.1) is 0 Å². The molecule has 0 unspecified atom stereocenters. The number of benzene rings is 1. The van der Waals surface area contributed by atoms with Crippen molar-refractivity contribution in [1.29, 1.82) is 0 Å². The maximum absolute atomic E-state index is 10.8. The molecular formula is C8H8Cl2O3S. The molecule has 3 nitrogen and oxygen atoms in total. The number of methoxy groups -OCH3 is 1. The highest BCUT2D eigenvalue weighted by Gasteiger charge is 2.12. The van der Waals surface area contributed by atoms with Crippen molar-refractivity contribution in [2.75, 3.05) is 7.11 Å². The second-order valence-electron chi connectivity index (χ2n) is 2.64. The zero-order valence-corrected chi connectivity index (χ0v) is 9.66. The van der Waals surface area contributed by atoms with E-state index in [4.69, 9.17) is 27.0 Å². The van der Waals surface area contributed by atoms with Crippen LogP contribution in [0.4, 0.5) is 0 Å².